The van der Waals surface area contributed by atoms with E-state index in [0.717, 1.165) is 42.1 Å². The van der Waals surface area contributed by atoms with Crippen molar-refractivity contribution in [3.05, 3.63) is 40.9 Å². The van der Waals surface area contributed by atoms with Crippen LogP contribution in [0.3, 0.4) is 0 Å². The molecule has 3 nitrogen and oxygen atoms in total. The molecule has 0 N–H and O–H groups in total. The molecule has 0 bridgehead atoms. The number of nitrogens with zero attached hydrogens (tertiary/aromatic N) is 2. The number of piperidine rings is 1. The van der Waals surface area contributed by atoms with E-state index >= 15 is 0 Å². The average molecular weight is 377 g/mol. The smallest absolute Gasteiger partial charge is 0.118 e. The molecule has 1 aromatic carbocycles. The molecule has 0 aromatic heterocycles. The van der Waals surface area contributed by atoms with Crippen LogP contribution < -0.4 is 0 Å². The van der Waals surface area contributed by atoms with Gasteiger partial charge >= 0.3 is 0 Å². The number of benzene rings is 1. The second-order valence-corrected chi connectivity index (χ2v) is 7.93. The van der Waals surface area contributed by atoms with Gasteiger partial charge in [0.2, 0.25) is 0 Å². The number of hydrogen-bond donors (Lipinski definition) is 0. The summed E-state index contributed by atoms with van der Waals surface area (Å²) in [5.74, 6) is 0.656. The molecule has 26 heavy (non-hydrogen) atoms. The zero-order valence-corrected chi connectivity index (χ0v) is 17.0. The Kier molecular flexibility index (Phi) is 9.80. The Bertz CT molecular complexity index is 560. The molecule has 1 fully saturated rings. The van der Waals surface area contributed by atoms with Crippen molar-refractivity contribution >= 4 is 23.4 Å². The third-order valence-electron chi connectivity index (χ3n) is 4.66. The van der Waals surface area contributed by atoms with Crippen molar-refractivity contribution in [1.29, 1.82) is 0 Å². The highest BCUT2D eigenvalue weighted by molar-refractivity contribution is 6.30. The summed E-state index contributed by atoms with van der Waals surface area (Å²) in [5.41, 5.74) is 2.13. The lowest BCUT2D eigenvalue weighted by Gasteiger charge is -2.25. The third kappa shape index (κ3) is 8.86. The molecule has 1 heterocycles. The Balaban J connectivity index is 1.80. The van der Waals surface area contributed by atoms with E-state index < -0.39 is 0 Å². The molecule has 1 aromatic rings. The van der Waals surface area contributed by atoms with E-state index in [1.54, 1.807) is 0 Å². The lowest BCUT2D eigenvalue weighted by atomic mass is 10.0. The van der Waals surface area contributed by atoms with Crippen LogP contribution in [0.25, 0.3) is 6.08 Å². The molecule has 0 amide bonds. The minimum atomic E-state index is 0.656. The van der Waals surface area contributed by atoms with Gasteiger partial charge in [-0.3, -0.25) is 0 Å². The Hall–Kier alpha value is -1.32. The molecular weight excluding hydrogens is 344 g/mol. The standard InChI is InChI=1S/C22H33ClN2O/c1-19(2)7-13-22(14-10-20-8-11-21(23)12-9-20)24-26-18-6-17-25-15-4-3-5-16-25/h8-12,14,19H,3-7,13,15-18H2,1-2H3/b14-10+,24-22+. The van der Waals surface area contributed by atoms with Crippen LogP contribution in [0, 0.1) is 5.92 Å². The van der Waals surface area contributed by atoms with Gasteiger partial charge in [0.05, 0.1) is 5.71 Å². The minimum Gasteiger partial charge on any atom is -0.396 e. The number of hydrogen-bond acceptors (Lipinski definition) is 3. The quantitative estimate of drug-likeness (QED) is 0.282. The van der Waals surface area contributed by atoms with Gasteiger partial charge in [-0.15, -0.1) is 0 Å². The minimum absolute atomic E-state index is 0.656. The van der Waals surface area contributed by atoms with E-state index in [2.05, 4.69) is 36.1 Å². The fourth-order valence-electron chi connectivity index (χ4n) is 3.03. The van der Waals surface area contributed by atoms with Crippen LogP contribution in [0.2, 0.25) is 5.02 Å². The van der Waals surface area contributed by atoms with Crippen LogP contribution >= 0.6 is 11.6 Å². The molecule has 2 rings (SSSR count). The first kappa shape index (κ1) is 21.0. The number of likely N-dealkylation sites (tertiary alicyclic amines) is 1. The van der Waals surface area contributed by atoms with E-state index in [9.17, 15) is 0 Å². The fraction of sp³-hybridized carbons (Fsp3) is 0.591. The zero-order valence-electron chi connectivity index (χ0n) is 16.3. The summed E-state index contributed by atoms with van der Waals surface area (Å²) in [7, 11) is 0. The van der Waals surface area contributed by atoms with Crippen molar-refractivity contribution in [3.63, 3.8) is 0 Å². The van der Waals surface area contributed by atoms with E-state index in [1.165, 1.54) is 32.4 Å². The first-order valence-electron chi connectivity index (χ1n) is 9.98. The van der Waals surface area contributed by atoms with Crippen molar-refractivity contribution in [1.82, 2.24) is 4.90 Å². The molecular formula is C22H33ClN2O. The largest absolute Gasteiger partial charge is 0.396 e. The van der Waals surface area contributed by atoms with Gasteiger partial charge in [0.1, 0.15) is 6.61 Å². The molecule has 4 heteroatoms. The highest BCUT2D eigenvalue weighted by Crippen LogP contribution is 2.12. The van der Waals surface area contributed by atoms with Crippen molar-refractivity contribution in [2.75, 3.05) is 26.2 Å². The normalized spacial score (nSPS) is 16.5. The average Bonchev–Trinajstić information content (AvgIpc) is 2.65. The molecule has 0 unspecified atom stereocenters. The number of halogens is 1. The summed E-state index contributed by atoms with van der Waals surface area (Å²) in [6, 6.07) is 7.84. The summed E-state index contributed by atoms with van der Waals surface area (Å²) < 4.78 is 0. The van der Waals surface area contributed by atoms with Gasteiger partial charge in [-0.1, -0.05) is 55.2 Å². The Morgan fingerprint density at radius 2 is 1.92 bits per heavy atom. The maximum atomic E-state index is 5.94. The van der Waals surface area contributed by atoms with Crippen LogP contribution in [-0.4, -0.2) is 36.9 Å². The highest BCUT2D eigenvalue weighted by Gasteiger charge is 2.09. The van der Waals surface area contributed by atoms with Gasteiger partial charge in [-0.05, 0) is 74.9 Å². The Morgan fingerprint density at radius 1 is 1.19 bits per heavy atom. The van der Waals surface area contributed by atoms with Gasteiger partial charge < -0.3 is 9.74 Å². The molecule has 1 aliphatic rings. The fourth-order valence-corrected chi connectivity index (χ4v) is 3.15. The second-order valence-electron chi connectivity index (χ2n) is 7.49. The molecule has 1 aliphatic heterocycles. The van der Waals surface area contributed by atoms with E-state index in [-0.39, 0.29) is 0 Å². The topological polar surface area (TPSA) is 24.8 Å². The highest BCUT2D eigenvalue weighted by atomic mass is 35.5. The predicted molar refractivity (Wildman–Crippen MR) is 113 cm³/mol. The van der Waals surface area contributed by atoms with Gasteiger partial charge in [0.15, 0.2) is 0 Å². The van der Waals surface area contributed by atoms with Crippen molar-refractivity contribution in [3.8, 4) is 0 Å². The summed E-state index contributed by atoms with van der Waals surface area (Å²) >= 11 is 5.94. The second kappa shape index (κ2) is 12.1. The molecule has 0 spiro atoms. The predicted octanol–water partition coefficient (Wildman–Crippen LogP) is 6.04. The Labute approximate surface area is 164 Å². The first-order chi connectivity index (χ1) is 12.6. The van der Waals surface area contributed by atoms with Crippen LogP contribution in [0.1, 0.15) is 57.9 Å². The molecule has 0 aliphatic carbocycles. The van der Waals surface area contributed by atoms with Gasteiger partial charge in [-0.2, -0.15) is 0 Å². The summed E-state index contributed by atoms with van der Waals surface area (Å²) in [5, 5.41) is 5.15. The molecule has 0 saturated carbocycles. The summed E-state index contributed by atoms with van der Waals surface area (Å²) in [4.78, 5) is 8.15. The van der Waals surface area contributed by atoms with E-state index in [1.807, 2.05) is 24.3 Å². The number of rotatable bonds is 10. The monoisotopic (exact) mass is 376 g/mol. The van der Waals surface area contributed by atoms with Crippen LogP contribution in [0.5, 0.6) is 0 Å². The first-order valence-corrected chi connectivity index (χ1v) is 10.4. The maximum absolute atomic E-state index is 5.94. The zero-order chi connectivity index (χ0) is 18.6. The van der Waals surface area contributed by atoms with Crippen LogP contribution in [0.15, 0.2) is 35.5 Å². The molecule has 0 radical (unpaired) electrons. The summed E-state index contributed by atoms with van der Waals surface area (Å²) in [6.45, 7) is 8.77. The van der Waals surface area contributed by atoms with Crippen molar-refractivity contribution in [2.45, 2.75) is 52.4 Å². The van der Waals surface area contributed by atoms with Crippen LogP contribution in [-0.2, 0) is 4.84 Å². The Morgan fingerprint density at radius 3 is 2.62 bits per heavy atom. The van der Waals surface area contributed by atoms with E-state index in [4.69, 9.17) is 16.4 Å². The van der Waals surface area contributed by atoms with Crippen molar-refractivity contribution in [2.24, 2.45) is 11.1 Å². The maximum Gasteiger partial charge on any atom is 0.118 e. The van der Waals surface area contributed by atoms with Gasteiger partial charge in [0.25, 0.3) is 0 Å². The van der Waals surface area contributed by atoms with Gasteiger partial charge in [0, 0.05) is 11.6 Å². The molecule has 144 valence electrons. The molecule has 1 saturated heterocycles. The molecule has 0 atom stereocenters. The van der Waals surface area contributed by atoms with Crippen LogP contribution in [0.4, 0.5) is 0 Å². The van der Waals surface area contributed by atoms with E-state index in [0.29, 0.717) is 12.5 Å². The van der Waals surface area contributed by atoms with Crippen molar-refractivity contribution < 1.29 is 4.84 Å². The van der Waals surface area contributed by atoms with Gasteiger partial charge in [-0.25, -0.2) is 0 Å². The third-order valence-corrected chi connectivity index (χ3v) is 4.91. The lowest BCUT2D eigenvalue weighted by molar-refractivity contribution is 0.124. The summed E-state index contributed by atoms with van der Waals surface area (Å²) in [6.07, 6.45) is 11.3. The SMILES string of the molecule is CC(C)CCC(/C=C/c1ccc(Cl)cc1)=N\OCCCN1CCCCC1. The lowest BCUT2D eigenvalue weighted by Crippen LogP contribution is -2.31. The number of allylic oxidation sites excluding steroid dienone is 1. The number of oxime groups is 1.